The van der Waals surface area contributed by atoms with Crippen molar-refractivity contribution in [2.24, 2.45) is 5.92 Å². The topological polar surface area (TPSA) is 55.4 Å². The van der Waals surface area contributed by atoms with Gasteiger partial charge in [0, 0.05) is 18.7 Å². The highest BCUT2D eigenvalue weighted by atomic mass is 32.2. The van der Waals surface area contributed by atoms with Crippen LogP contribution in [0.1, 0.15) is 18.4 Å². The van der Waals surface area contributed by atoms with E-state index in [9.17, 15) is 21.6 Å². The Morgan fingerprint density at radius 3 is 2.43 bits per heavy atom. The number of nitrogens with one attached hydrogen (secondary N) is 1. The van der Waals surface area contributed by atoms with Gasteiger partial charge in [-0.2, -0.15) is 13.2 Å². The Morgan fingerprint density at radius 1 is 1.30 bits per heavy atom. The van der Waals surface area contributed by atoms with E-state index in [-0.39, 0.29) is 17.8 Å². The largest absolute Gasteiger partial charge is 0.490 e. The van der Waals surface area contributed by atoms with Gasteiger partial charge in [0.15, 0.2) is 0 Å². The summed E-state index contributed by atoms with van der Waals surface area (Å²) in [6.45, 7) is 1.55. The third-order valence-electron chi connectivity index (χ3n) is 3.87. The summed E-state index contributed by atoms with van der Waals surface area (Å²) in [5.74, 6) is 0.469. The van der Waals surface area contributed by atoms with Crippen molar-refractivity contribution in [3.05, 3.63) is 29.8 Å². The molecule has 1 aromatic carbocycles. The van der Waals surface area contributed by atoms with Gasteiger partial charge in [-0.25, -0.2) is 8.42 Å². The molecule has 0 aliphatic carbocycles. The van der Waals surface area contributed by atoms with E-state index in [1.807, 2.05) is 0 Å². The van der Waals surface area contributed by atoms with Crippen molar-refractivity contribution in [3.8, 4) is 5.75 Å². The second-order valence-corrected chi connectivity index (χ2v) is 8.11. The van der Waals surface area contributed by atoms with Crippen molar-refractivity contribution in [1.82, 2.24) is 5.32 Å². The quantitative estimate of drug-likeness (QED) is 0.856. The number of hydrogen-bond acceptors (Lipinski definition) is 4. The third-order valence-corrected chi connectivity index (χ3v) is 4.84. The maximum absolute atomic E-state index is 12.6. The normalized spacial score (nSPS) is 20.4. The standard InChI is InChI=1S/C15H20F3NO3S/c1-23(20,21)9-7-14(11-6-8-19-10-11)22-13-4-2-12(3-5-13)15(16,17)18/h2-5,11,14,19H,6-10H2,1H3/t11?,14-/m0/s1. The Hall–Kier alpha value is -1.28. The number of sulfone groups is 1. The highest BCUT2D eigenvalue weighted by molar-refractivity contribution is 7.90. The molecule has 2 rings (SSSR count). The predicted molar refractivity (Wildman–Crippen MR) is 81.2 cm³/mol. The molecule has 1 aliphatic rings. The minimum absolute atomic E-state index is 0.00516. The van der Waals surface area contributed by atoms with Crippen LogP contribution in [0.5, 0.6) is 5.75 Å². The van der Waals surface area contributed by atoms with Crippen LogP contribution in [0.2, 0.25) is 0 Å². The van der Waals surface area contributed by atoms with Gasteiger partial charge in [-0.1, -0.05) is 0 Å². The fourth-order valence-corrected chi connectivity index (χ4v) is 3.27. The van der Waals surface area contributed by atoms with Crippen LogP contribution in [-0.2, 0) is 16.0 Å². The van der Waals surface area contributed by atoms with E-state index < -0.39 is 21.6 Å². The molecule has 1 fully saturated rings. The number of hydrogen-bond donors (Lipinski definition) is 1. The molecule has 1 saturated heterocycles. The lowest BCUT2D eigenvalue weighted by atomic mass is 9.99. The second-order valence-electron chi connectivity index (χ2n) is 5.85. The average molecular weight is 351 g/mol. The first-order valence-corrected chi connectivity index (χ1v) is 9.43. The minimum Gasteiger partial charge on any atom is -0.490 e. The molecule has 0 bridgehead atoms. The summed E-state index contributed by atoms with van der Waals surface area (Å²) in [5.41, 5.74) is -0.736. The van der Waals surface area contributed by atoms with Gasteiger partial charge in [-0.3, -0.25) is 0 Å². The van der Waals surface area contributed by atoms with E-state index in [1.54, 1.807) is 0 Å². The molecule has 0 saturated carbocycles. The first kappa shape index (κ1) is 18.1. The molecule has 1 heterocycles. The van der Waals surface area contributed by atoms with Crippen LogP contribution in [-0.4, -0.2) is 39.6 Å². The molecule has 8 heteroatoms. The first-order valence-electron chi connectivity index (χ1n) is 7.37. The summed E-state index contributed by atoms with van der Waals surface area (Å²) in [7, 11) is -3.12. The summed E-state index contributed by atoms with van der Waals surface area (Å²) in [6, 6.07) is 4.49. The molecule has 4 nitrogen and oxygen atoms in total. The van der Waals surface area contributed by atoms with Crippen LogP contribution >= 0.6 is 0 Å². The van der Waals surface area contributed by atoms with E-state index in [0.29, 0.717) is 12.2 Å². The van der Waals surface area contributed by atoms with E-state index in [2.05, 4.69) is 5.32 Å². The van der Waals surface area contributed by atoms with E-state index in [0.717, 1.165) is 37.9 Å². The van der Waals surface area contributed by atoms with Crippen LogP contribution in [0.25, 0.3) is 0 Å². The number of halogens is 3. The average Bonchev–Trinajstić information content (AvgIpc) is 2.96. The highest BCUT2D eigenvalue weighted by Gasteiger charge is 2.31. The Kier molecular flexibility index (Phi) is 5.57. The number of ether oxygens (including phenoxy) is 1. The second kappa shape index (κ2) is 7.09. The van der Waals surface area contributed by atoms with Gasteiger partial charge in [-0.15, -0.1) is 0 Å². The maximum atomic E-state index is 12.6. The lowest BCUT2D eigenvalue weighted by Crippen LogP contribution is -2.31. The van der Waals surface area contributed by atoms with Crippen molar-refractivity contribution in [2.45, 2.75) is 25.1 Å². The fourth-order valence-electron chi connectivity index (χ4n) is 2.61. The number of alkyl halides is 3. The predicted octanol–water partition coefficient (Wildman–Crippen LogP) is 2.50. The summed E-state index contributed by atoms with van der Waals surface area (Å²) in [4.78, 5) is 0. The van der Waals surface area contributed by atoms with Crippen molar-refractivity contribution in [2.75, 3.05) is 25.1 Å². The zero-order chi connectivity index (χ0) is 17.1. The van der Waals surface area contributed by atoms with Crippen LogP contribution in [0.4, 0.5) is 13.2 Å². The molecule has 1 aliphatic heterocycles. The number of benzene rings is 1. The number of rotatable bonds is 6. The monoisotopic (exact) mass is 351 g/mol. The van der Waals surface area contributed by atoms with E-state index in [4.69, 9.17) is 4.74 Å². The molecule has 1 N–H and O–H groups in total. The Balaban J connectivity index is 2.07. The lowest BCUT2D eigenvalue weighted by Gasteiger charge is -2.24. The van der Waals surface area contributed by atoms with Crippen molar-refractivity contribution >= 4 is 9.84 Å². The molecule has 1 unspecified atom stereocenters. The molecule has 0 amide bonds. The van der Waals surface area contributed by atoms with Gasteiger partial charge < -0.3 is 10.1 Å². The van der Waals surface area contributed by atoms with Crippen molar-refractivity contribution in [3.63, 3.8) is 0 Å². The van der Waals surface area contributed by atoms with Crippen LogP contribution in [0.3, 0.4) is 0 Å². The molecule has 130 valence electrons. The van der Waals surface area contributed by atoms with Crippen LogP contribution < -0.4 is 10.1 Å². The van der Waals surface area contributed by atoms with E-state index >= 15 is 0 Å². The summed E-state index contributed by atoms with van der Waals surface area (Å²) >= 11 is 0. The smallest absolute Gasteiger partial charge is 0.416 e. The molecular formula is C15H20F3NO3S. The van der Waals surface area contributed by atoms with Gasteiger partial charge >= 0.3 is 6.18 Å². The Morgan fingerprint density at radius 2 is 1.96 bits per heavy atom. The zero-order valence-corrected chi connectivity index (χ0v) is 13.6. The SMILES string of the molecule is CS(=O)(=O)CC[C@H](Oc1ccc(C(F)(F)F)cc1)C1CCNC1. The Bertz CT molecular complexity index is 608. The Labute approximate surface area is 133 Å². The third kappa shape index (κ3) is 5.69. The fraction of sp³-hybridized carbons (Fsp3) is 0.600. The highest BCUT2D eigenvalue weighted by Crippen LogP contribution is 2.31. The minimum atomic E-state index is -4.39. The van der Waals surface area contributed by atoms with Gasteiger partial charge in [0.2, 0.25) is 0 Å². The van der Waals surface area contributed by atoms with Gasteiger partial charge in [0.25, 0.3) is 0 Å². The summed E-state index contributed by atoms with van der Waals surface area (Å²) in [6.07, 6.45) is -2.38. The first-order chi connectivity index (χ1) is 10.6. The summed E-state index contributed by atoms with van der Waals surface area (Å²) < 4.78 is 66.2. The molecular weight excluding hydrogens is 331 g/mol. The molecule has 0 spiro atoms. The zero-order valence-electron chi connectivity index (χ0n) is 12.8. The molecule has 1 aromatic rings. The molecule has 0 aromatic heterocycles. The van der Waals surface area contributed by atoms with Crippen molar-refractivity contribution in [1.29, 1.82) is 0 Å². The maximum Gasteiger partial charge on any atom is 0.416 e. The van der Waals surface area contributed by atoms with Crippen molar-refractivity contribution < 1.29 is 26.3 Å². The molecule has 0 radical (unpaired) electrons. The van der Waals surface area contributed by atoms with Gasteiger partial charge in [0.1, 0.15) is 21.7 Å². The van der Waals surface area contributed by atoms with Gasteiger partial charge in [0.05, 0.1) is 11.3 Å². The van der Waals surface area contributed by atoms with Crippen LogP contribution in [0, 0.1) is 5.92 Å². The van der Waals surface area contributed by atoms with E-state index in [1.165, 1.54) is 12.1 Å². The van der Waals surface area contributed by atoms with Crippen LogP contribution in [0.15, 0.2) is 24.3 Å². The molecule has 2 atom stereocenters. The summed E-state index contributed by atoms with van der Waals surface area (Å²) in [5, 5.41) is 3.19. The lowest BCUT2D eigenvalue weighted by molar-refractivity contribution is -0.137. The molecule has 23 heavy (non-hydrogen) atoms. The van der Waals surface area contributed by atoms with Gasteiger partial charge in [-0.05, 0) is 43.7 Å².